The molecular weight excluding hydrogens is 239 g/mol. The van der Waals surface area contributed by atoms with Crippen molar-refractivity contribution in [2.45, 2.75) is 6.42 Å². The first-order chi connectivity index (χ1) is 8.26. The van der Waals surface area contributed by atoms with Gasteiger partial charge in [-0.1, -0.05) is 0 Å². The van der Waals surface area contributed by atoms with E-state index in [1.807, 2.05) is 0 Å². The lowest BCUT2D eigenvalue weighted by Crippen LogP contribution is -2.04. The van der Waals surface area contributed by atoms with E-state index in [4.69, 9.17) is 10.5 Å². The molecule has 0 unspecified atom stereocenters. The van der Waals surface area contributed by atoms with Gasteiger partial charge in [0.15, 0.2) is 0 Å². The summed E-state index contributed by atoms with van der Waals surface area (Å²) in [7, 11) is 1.57. The van der Waals surface area contributed by atoms with Crippen LogP contribution in [0.4, 0.5) is 4.39 Å². The molecule has 0 amide bonds. The van der Waals surface area contributed by atoms with Crippen LogP contribution in [0, 0.1) is 5.82 Å². The average molecular weight is 252 g/mol. The molecule has 2 N–H and O–H groups in total. The Kier molecular flexibility index (Phi) is 3.71. The predicted octanol–water partition coefficient (Wildman–Crippen LogP) is 2.46. The minimum atomic E-state index is -0.284. The highest BCUT2D eigenvalue weighted by atomic mass is 32.1. The summed E-state index contributed by atoms with van der Waals surface area (Å²) < 4.78 is 18.5. The largest absolute Gasteiger partial charge is 0.496 e. The van der Waals surface area contributed by atoms with E-state index < -0.39 is 0 Å². The Labute approximate surface area is 103 Å². The van der Waals surface area contributed by atoms with Crippen LogP contribution in [0.3, 0.4) is 0 Å². The predicted molar refractivity (Wildman–Crippen MR) is 66.8 cm³/mol. The first-order valence-corrected chi connectivity index (χ1v) is 6.10. The van der Waals surface area contributed by atoms with Crippen molar-refractivity contribution in [1.29, 1.82) is 0 Å². The number of nitrogens with zero attached hydrogens (tertiary/aromatic N) is 1. The highest BCUT2D eigenvalue weighted by Gasteiger charge is 2.13. The number of nitrogens with two attached hydrogens (primary N) is 1. The number of benzene rings is 1. The summed E-state index contributed by atoms with van der Waals surface area (Å²) in [5.74, 6) is 0.363. The van der Waals surface area contributed by atoms with Crippen molar-refractivity contribution in [2.75, 3.05) is 13.7 Å². The molecule has 5 heteroatoms. The van der Waals surface area contributed by atoms with E-state index >= 15 is 0 Å². The van der Waals surface area contributed by atoms with Gasteiger partial charge in [0, 0.05) is 12.0 Å². The summed E-state index contributed by atoms with van der Waals surface area (Å²) >= 11 is 1.47. The van der Waals surface area contributed by atoms with Gasteiger partial charge in [-0.3, -0.25) is 0 Å². The van der Waals surface area contributed by atoms with Gasteiger partial charge in [-0.25, -0.2) is 9.37 Å². The number of aromatic nitrogens is 1. The average Bonchev–Trinajstić information content (AvgIpc) is 2.77. The Morgan fingerprint density at radius 1 is 1.47 bits per heavy atom. The van der Waals surface area contributed by atoms with Gasteiger partial charge >= 0.3 is 0 Å². The van der Waals surface area contributed by atoms with Crippen LogP contribution in [0.5, 0.6) is 5.75 Å². The number of thiazole rings is 1. The van der Waals surface area contributed by atoms with Crippen molar-refractivity contribution < 1.29 is 9.13 Å². The van der Waals surface area contributed by atoms with Crippen LogP contribution >= 0.6 is 11.3 Å². The van der Waals surface area contributed by atoms with E-state index in [0.717, 1.165) is 16.1 Å². The number of hydrogen-bond donors (Lipinski definition) is 1. The molecule has 0 saturated heterocycles. The zero-order chi connectivity index (χ0) is 12.3. The summed E-state index contributed by atoms with van der Waals surface area (Å²) in [5.41, 5.74) is 8.89. The maximum atomic E-state index is 13.3. The molecule has 3 nitrogen and oxygen atoms in total. The van der Waals surface area contributed by atoms with Crippen LogP contribution in [0.2, 0.25) is 0 Å². The molecule has 0 atom stereocenters. The van der Waals surface area contributed by atoms with E-state index in [9.17, 15) is 4.39 Å². The summed E-state index contributed by atoms with van der Waals surface area (Å²) in [5, 5.41) is 0. The molecular formula is C12H13FN2OS. The second-order valence-electron chi connectivity index (χ2n) is 3.51. The zero-order valence-corrected chi connectivity index (χ0v) is 10.3. The van der Waals surface area contributed by atoms with Gasteiger partial charge in [-0.15, -0.1) is 11.3 Å². The second kappa shape index (κ2) is 5.25. The van der Waals surface area contributed by atoms with Crippen molar-refractivity contribution in [3.63, 3.8) is 0 Å². The second-order valence-corrected chi connectivity index (χ2v) is 4.37. The summed E-state index contributed by atoms with van der Waals surface area (Å²) in [6, 6.07) is 4.47. The normalized spacial score (nSPS) is 10.5. The van der Waals surface area contributed by atoms with Crippen LogP contribution in [0.25, 0.3) is 10.4 Å². The summed E-state index contributed by atoms with van der Waals surface area (Å²) in [4.78, 5) is 5.17. The minimum absolute atomic E-state index is 0.284. The quantitative estimate of drug-likeness (QED) is 0.909. The minimum Gasteiger partial charge on any atom is -0.496 e. The molecule has 2 aromatic rings. The Balaban J connectivity index is 2.51. The van der Waals surface area contributed by atoms with Crippen LogP contribution in [0.1, 0.15) is 5.69 Å². The molecule has 0 bridgehead atoms. The molecule has 0 fully saturated rings. The molecule has 17 heavy (non-hydrogen) atoms. The van der Waals surface area contributed by atoms with Crippen molar-refractivity contribution in [2.24, 2.45) is 5.73 Å². The Morgan fingerprint density at radius 2 is 2.29 bits per heavy atom. The van der Waals surface area contributed by atoms with Gasteiger partial charge in [-0.2, -0.15) is 0 Å². The van der Waals surface area contributed by atoms with Crippen LogP contribution in [-0.2, 0) is 6.42 Å². The Morgan fingerprint density at radius 3 is 3.00 bits per heavy atom. The highest BCUT2D eigenvalue weighted by Crippen LogP contribution is 2.35. The molecule has 1 heterocycles. The first kappa shape index (κ1) is 12.0. The molecule has 1 aromatic heterocycles. The Bertz CT molecular complexity index is 513. The van der Waals surface area contributed by atoms with E-state index in [1.54, 1.807) is 18.7 Å². The fraction of sp³-hybridized carbons (Fsp3) is 0.250. The fourth-order valence-electron chi connectivity index (χ4n) is 1.66. The SMILES string of the molecule is COc1ccc(F)cc1-c1scnc1CCN. The topological polar surface area (TPSA) is 48.1 Å². The van der Waals surface area contributed by atoms with Gasteiger partial charge in [0.05, 0.1) is 23.2 Å². The maximum Gasteiger partial charge on any atom is 0.127 e. The van der Waals surface area contributed by atoms with Crippen LogP contribution in [0.15, 0.2) is 23.7 Å². The van der Waals surface area contributed by atoms with Crippen molar-refractivity contribution >= 4 is 11.3 Å². The van der Waals surface area contributed by atoms with Crippen LogP contribution < -0.4 is 10.5 Å². The number of hydrogen-bond acceptors (Lipinski definition) is 4. The first-order valence-electron chi connectivity index (χ1n) is 5.22. The van der Waals surface area contributed by atoms with Gasteiger partial charge in [-0.05, 0) is 24.7 Å². The van der Waals surface area contributed by atoms with Crippen LogP contribution in [-0.4, -0.2) is 18.6 Å². The lowest BCUT2D eigenvalue weighted by Gasteiger charge is -2.08. The van der Waals surface area contributed by atoms with Crippen molar-refractivity contribution in [1.82, 2.24) is 4.98 Å². The molecule has 2 rings (SSSR count). The standard InChI is InChI=1S/C12H13FN2OS/c1-16-11-3-2-8(13)6-9(11)12-10(4-5-14)15-7-17-12/h2-3,6-7H,4-5,14H2,1H3. The molecule has 0 aliphatic heterocycles. The number of ether oxygens (including phenoxy) is 1. The van der Waals surface area contributed by atoms with Gasteiger partial charge < -0.3 is 10.5 Å². The molecule has 0 aliphatic carbocycles. The van der Waals surface area contributed by atoms with E-state index in [2.05, 4.69) is 4.98 Å². The van der Waals surface area contributed by atoms with E-state index in [1.165, 1.54) is 23.5 Å². The molecule has 0 saturated carbocycles. The monoisotopic (exact) mass is 252 g/mol. The van der Waals surface area contributed by atoms with E-state index in [-0.39, 0.29) is 5.82 Å². The third kappa shape index (κ3) is 2.45. The van der Waals surface area contributed by atoms with E-state index in [0.29, 0.717) is 18.7 Å². The van der Waals surface area contributed by atoms with Crippen molar-refractivity contribution in [3.05, 3.63) is 35.2 Å². The third-order valence-electron chi connectivity index (χ3n) is 2.43. The lowest BCUT2D eigenvalue weighted by atomic mass is 10.1. The Hall–Kier alpha value is -1.46. The number of methoxy groups -OCH3 is 1. The molecule has 0 aliphatic rings. The van der Waals surface area contributed by atoms with Gasteiger partial charge in [0.25, 0.3) is 0 Å². The molecule has 0 spiro atoms. The molecule has 1 aromatic carbocycles. The zero-order valence-electron chi connectivity index (χ0n) is 9.44. The fourth-order valence-corrected chi connectivity index (χ4v) is 2.52. The maximum absolute atomic E-state index is 13.3. The third-order valence-corrected chi connectivity index (χ3v) is 3.33. The van der Waals surface area contributed by atoms with Gasteiger partial charge in [0.2, 0.25) is 0 Å². The number of halogens is 1. The lowest BCUT2D eigenvalue weighted by molar-refractivity contribution is 0.415. The smallest absolute Gasteiger partial charge is 0.127 e. The van der Waals surface area contributed by atoms with Gasteiger partial charge in [0.1, 0.15) is 11.6 Å². The summed E-state index contributed by atoms with van der Waals surface area (Å²) in [6.07, 6.45) is 0.679. The molecule has 0 radical (unpaired) electrons. The molecule has 90 valence electrons. The highest BCUT2D eigenvalue weighted by molar-refractivity contribution is 7.13. The van der Waals surface area contributed by atoms with Crippen molar-refractivity contribution in [3.8, 4) is 16.2 Å². The summed E-state index contributed by atoms with van der Waals surface area (Å²) in [6.45, 7) is 0.522. The number of rotatable bonds is 4.